The Hall–Kier alpha value is -2.42. The van der Waals surface area contributed by atoms with Crippen LogP contribution in [0.3, 0.4) is 0 Å². The van der Waals surface area contributed by atoms with Gasteiger partial charge in [-0.15, -0.1) is 0 Å². The summed E-state index contributed by atoms with van der Waals surface area (Å²) in [4.78, 5) is 48.4. The molecule has 0 saturated carbocycles. The number of aromatic nitrogens is 2. The molecule has 0 spiro atoms. The highest BCUT2D eigenvalue weighted by molar-refractivity contribution is 5.81. The van der Waals surface area contributed by atoms with Gasteiger partial charge in [0.05, 0.1) is 0 Å². The van der Waals surface area contributed by atoms with Crippen LogP contribution in [0, 0.1) is 6.92 Å². The molecule has 4 N–H and O–H groups in total. The fourth-order valence-electron chi connectivity index (χ4n) is 1.59. The van der Waals surface area contributed by atoms with E-state index in [1.165, 1.54) is 13.1 Å². The van der Waals surface area contributed by atoms with E-state index in [0.29, 0.717) is 0 Å². The van der Waals surface area contributed by atoms with E-state index in [4.69, 9.17) is 10.8 Å². The maximum Gasteiger partial charge on any atom is 0.328 e. The first-order valence-corrected chi connectivity index (χ1v) is 5.85. The van der Waals surface area contributed by atoms with Crippen LogP contribution in [0.1, 0.15) is 5.56 Å². The van der Waals surface area contributed by atoms with Gasteiger partial charge in [-0.3, -0.25) is 23.9 Å². The Bertz CT molecular complexity index is 618. The van der Waals surface area contributed by atoms with Gasteiger partial charge in [-0.25, -0.2) is 4.79 Å². The molecular weight excluding hydrogens is 268 g/mol. The molecule has 0 aliphatic rings. The molecule has 1 heterocycles. The fraction of sp³-hybridized carbons (Fsp3) is 0.455. The zero-order valence-corrected chi connectivity index (χ0v) is 11.0. The lowest BCUT2D eigenvalue weighted by Crippen LogP contribution is -2.43. The van der Waals surface area contributed by atoms with E-state index in [1.807, 2.05) is 0 Å². The summed E-state index contributed by atoms with van der Waals surface area (Å²) in [5.74, 6) is -1.73. The number of amides is 1. The molecule has 110 valence electrons. The Morgan fingerprint density at radius 3 is 2.65 bits per heavy atom. The molecule has 1 aromatic heterocycles. The molecule has 0 saturated heterocycles. The Labute approximate surface area is 113 Å². The zero-order chi connectivity index (χ0) is 15.3. The number of hydrogen-bond donors (Lipinski definition) is 3. The Morgan fingerprint density at radius 2 is 2.10 bits per heavy atom. The second-order valence-electron chi connectivity index (χ2n) is 4.20. The van der Waals surface area contributed by atoms with Crippen molar-refractivity contribution in [3.05, 3.63) is 32.6 Å². The van der Waals surface area contributed by atoms with Gasteiger partial charge in [-0.05, 0) is 6.92 Å². The summed E-state index contributed by atoms with van der Waals surface area (Å²) in [5, 5.41) is 8.71. The number of aliphatic carboxylic acids is 1. The average Bonchev–Trinajstić information content (AvgIpc) is 2.34. The van der Waals surface area contributed by atoms with Gasteiger partial charge in [0.1, 0.15) is 13.1 Å². The van der Waals surface area contributed by atoms with Crippen molar-refractivity contribution in [3.8, 4) is 0 Å². The number of aromatic amines is 1. The first kappa shape index (κ1) is 15.6. The van der Waals surface area contributed by atoms with Gasteiger partial charge >= 0.3 is 11.7 Å². The van der Waals surface area contributed by atoms with Crippen LogP contribution in [0.25, 0.3) is 0 Å². The Kier molecular flexibility index (Phi) is 5.21. The number of aryl methyl sites for hydroxylation is 1. The number of carboxylic acid groups (broad SMARTS) is 1. The summed E-state index contributed by atoms with van der Waals surface area (Å²) in [6, 6.07) is 0. The monoisotopic (exact) mass is 284 g/mol. The first-order valence-electron chi connectivity index (χ1n) is 5.85. The highest BCUT2D eigenvalue weighted by Crippen LogP contribution is 1.93. The lowest BCUT2D eigenvalue weighted by Gasteiger charge is -2.20. The van der Waals surface area contributed by atoms with Crippen molar-refractivity contribution in [1.82, 2.24) is 14.5 Å². The Balaban J connectivity index is 2.93. The molecule has 0 bridgehead atoms. The van der Waals surface area contributed by atoms with Crippen LogP contribution in [0.15, 0.2) is 15.8 Å². The van der Waals surface area contributed by atoms with Crippen LogP contribution >= 0.6 is 0 Å². The summed E-state index contributed by atoms with van der Waals surface area (Å²) in [5.41, 5.74) is 4.34. The van der Waals surface area contributed by atoms with Crippen LogP contribution in [0.4, 0.5) is 0 Å². The van der Waals surface area contributed by atoms with E-state index in [9.17, 15) is 19.2 Å². The van der Waals surface area contributed by atoms with Crippen LogP contribution in [-0.2, 0) is 16.1 Å². The van der Waals surface area contributed by atoms with Gasteiger partial charge in [0, 0.05) is 24.8 Å². The van der Waals surface area contributed by atoms with E-state index in [1.54, 1.807) is 0 Å². The third-order valence-electron chi connectivity index (χ3n) is 2.57. The number of carbonyl (C=O) groups is 2. The summed E-state index contributed by atoms with van der Waals surface area (Å²) in [6.07, 6.45) is 1.25. The predicted molar refractivity (Wildman–Crippen MR) is 69.3 cm³/mol. The lowest BCUT2D eigenvalue weighted by atomic mass is 10.3. The minimum atomic E-state index is -1.17. The third-order valence-corrected chi connectivity index (χ3v) is 2.57. The lowest BCUT2D eigenvalue weighted by molar-refractivity contribution is -0.144. The SMILES string of the molecule is Cc1cn(CC(=O)N(CCN)CC(=O)O)c(=O)[nH]c1=O. The van der Waals surface area contributed by atoms with E-state index in [-0.39, 0.29) is 25.2 Å². The number of nitrogens with two attached hydrogens (primary N) is 1. The van der Waals surface area contributed by atoms with Crippen molar-refractivity contribution in [3.63, 3.8) is 0 Å². The van der Waals surface area contributed by atoms with Crippen LogP contribution in [0.2, 0.25) is 0 Å². The zero-order valence-electron chi connectivity index (χ0n) is 11.0. The highest BCUT2D eigenvalue weighted by Gasteiger charge is 2.17. The largest absolute Gasteiger partial charge is 0.480 e. The molecule has 9 nitrogen and oxygen atoms in total. The molecule has 0 atom stereocenters. The molecule has 0 aromatic carbocycles. The first-order chi connectivity index (χ1) is 9.35. The van der Waals surface area contributed by atoms with E-state index in [2.05, 4.69) is 4.98 Å². The van der Waals surface area contributed by atoms with Crippen molar-refractivity contribution in [2.45, 2.75) is 13.5 Å². The number of nitrogens with zero attached hydrogens (tertiary/aromatic N) is 2. The summed E-state index contributed by atoms with van der Waals surface area (Å²) in [7, 11) is 0. The number of H-pyrrole nitrogens is 1. The van der Waals surface area contributed by atoms with E-state index < -0.39 is 29.7 Å². The van der Waals surface area contributed by atoms with Gasteiger partial charge in [-0.1, -0.05) is 0 Å². The number of carbonyl (C=O) groups excluding carboxylic acids is 1. The predicted octanol–water partition coefficient (Wildman–Crippen LogP) is -2.28. The van der Waals surface area contributed by atoms with Crippen molar-refractivity contribution in [2.24, 2.45) is 5.73 Å². The minimum absolute atomic E-state index is 0.0716. The quantitative estimate of drug-likeness (QED) is 0.537. The van der Waals surface area contributed by atoms with Gasteiger partial charge in [0.25, 0.3) is 5.56 Å². The fourth-order valence-corrected chi connectivity index (χ4v) is 1.59. The molecule has 0 radical (unpaired) electrons. The molecule has 9 heteroatoms. The topological polar surface area (TPSA) is 138 Å². The van der Waals surface area contributed by atoms with E-state index >= 15 is 0 Å². The summed E-state index contributed by atoms with van der Waals surface area (Å²) in [6.45, 7) is 0.825. The maximum absolute atomic E-state index is 11.9. The standard InChI is InChI=1S/C11H16N4O5/c1-7-4-15(11(20)13-10(7)19)5-8(16)14(3-2-12)6-9(17)18/h4H,2-3,5-6,12H2,1H3,(H,17,18)(H,13,19,20). The van der Waals surface area contributed by atoms with Crippen LogP contribution < -0.4 is 17.0 Å². The molecule has 0 aliphatic heterocycles. The number of rotatable bonds is 6. The van der Waals surface area contributed by atoms with Crippen molar-refractivity contribution < 1.29 is 14.7 Å². The van der Waals surface area contributed by atoms with Gasteiger partial charge < -0.3 is 15.7 Å². The Morgan fingerprint density at radius 1 is 1.45 bits per heavy atom. The van der Waals surface area contributed by atoms with Crippen molar-refractivity contribution in [2.75, 3.05) is 19.6 Å². The summed E-state index contributed by atoms with van der Waals surface area (Å²) < 4.78 is 1.02. The number of nitrogens with one attached hydrogen (secondary N) is 1. The second kappa shape index (κ2) is 6.66. The smallest absolute Gasteiger partial charge is 0.328 e. The molecule has 20 heavy (non-hydrogen) atoms. The number of hydrogen-bond acceptors (Lipinski definition) is 5. The third kappa shape index (κ3) is 4.05. The molecule has 1 rings (SSSR count). The van der Waals surface area contributed by atoms with Gasteiger partial charge in [0.15, 0.2) is 0 Å². The van der Waals surface area contributed by atoms with Crippen LogP contribution in [0.5, 0.6) is 0 Å². The molecule has 1 aromatic rings. The molecular formula is C11H16N4O5. The normalized spacial score (nSPS) is 10.3. The molecule has 1 amide bonds. The van der Waals surface area contributed by atoms with Crippen LogP contribution in [-0.4, -0.2) is 51.1 Å². The van der Waals surface area contributed by atoms with Crippen molar-refractivity contribution in [1.29, 1.82) is 0 Å². The minimum Gasteiger partial charge on any atom is -0.480 e. The molecule has 0 aliphatic carbocycles. The van der Waals surface area contributed by atoms with Gasteiger partial charge in [-0.2, -0.15) is 0 Å². The molecule has 0 fully saturated rings. The molecule has 0 unspecified atom stereocenters. The summed E-state index contributed by atoms with van der Waals surface area (Å²) >= 11 is 0. The van der Waals surface area contributed by atoms with Gasteiger partial charge in [0.2, 0.25) is 5.91 Å². The average molecular weight is 284 g/mol. The number of carboxylic acids is 1. The second-order valence-corrected chi connectivity index (χ2v) is 4.20. The van der Waals surface area contributed by atoms with E-state index in [0.717, 1.165) is 9.47 Å². The highest BCUT2D eigenvalue weighted by atomic mass is 16.4. The van der Waals surface area contributed by atoms with Crippen molar-refractivity contribution >= 4 is 11.9 Å². The maximum atomic E-state index is 11.9.